The molecule has 3 aromatic carbocycles. The van der Waals surface area contributed by atoms with Crippen LogP contribution in [0.25, 0.3) is 16.5 Å². The Labute approximate surface area is 139 Å². The number of carbonyl (C=O) groups excluding carboxylic acids is 1. The maximum Gasteiger partial charge on any atom is 0.273 e. The van der Waals surface area contributed by atoms with Crippen molar-refractivity contribution in [2.45, 2.75) is 0 Å². The lowest BCUT2D eigenvalue weighted by Crippen LogP contribution is -2.35. The molecule has 0 aromatic heterocycles. The van der Waals surface area contributed by atoms with Crippen LogP contribution in [0.5, 0.6) is 5.75 Å². The predicted molar refractivity (Wildman–Crippen MR) is 96.1 cm³/mol. The molecular formula is C19H17N3O2. The van der Waals surface area contributed by atoms with Crippen LogP contribution in [-0.2, 0) is 0 Å². The first kappa shape index (κ1) is 15.4. The molecule has 0 aliphatic heterocycles. The maximum atomic E-state index is 12.3. The van der Waals surface area contributed by atoms with Crippen LogP contribution in [0.15, 0.2) is 67.2 Å². The van der Waals surface area contributed by atoms with E-state index in [2.05, 4.69) is 17.4 Å². The zero-order valence-electron chi connectivity index (χ0n) is 12.9. The predicted octanol–water partition coefficient (Wildman–Crippen LogP) is 3.03. The SMILES string of the molecule is C=C(NNC(=O)c1cc2ccccc2cc1O)c1cccc(N)c1. The highest BCUT2D eigenvalue weighted by molar-refractivity contribution is 6.01. The molecule has 5 nitrogen and oxygen atoms in total. The zero-order valence-corrected chi connectivity index (χ0v) is 12.9. The van der Waals surface area contributed by atoms with E-state index in [-0.39, 0.29) is 11.3 Å². The van der Waals surface area contributed by atoms with Crippen LogP contribution in [0.3, 0.4) is 0 Å². The topological polar surface area (TPSA) is 87.4 Å². The fourth-order valence-electron chi connectivity index (χ4n) is 2.41. The van der Waals surface area contributed by atoms with Gasteiger partial charge in [-0.3, -0.25) is 15.6 Å². The number of aromatic hydroxyl groups is 1. The quantitative estimate of drug-likeness (QED) is 0.440. The van der Waals surface area contributed by atoms with Gasteiger partial charge in [0.05, 0.1) is 11.3 Å². The molecule has 0 saturated heterocycles. The van der Waals surface area contributed by atoms with E-state index >= 15 is 0 Å². The van der Waals surface area contributed by atoms with Crippen LogP contribution in [0.4, 0.5) is 5.69 Å². The van der Waals surface area contributed by atoms with Crippen molar-refractivity contribution in [1.29, 1.82) is 0 Å². The molecule has 0 spiro atoms. The van der Waals surface area contributed by atoms with E-state index < -0.39 is 5.91 Å². The lowest BCUT2D eigenvalue weighted by Gasteiger charge is -2.13. The summed E-state index contributed by atoms with van der Waals surface area (Å²) in [6.07, 6.45) is 0. The van der Waals surface area contributed by atoms with Gasteiger partial charge in [0.15, 0.2) is 0 Å². The Morgan fingerprint density at radius 3 is 2.38 bits per heavy atom. The van der Waals surface area contributed by atoms with Crippen LogP contribution >= 0.6 is 0 Å². The Hall–Kier alpha value is -3.47. The third-order valence-electron chi connectivity index (χ3n) is 3.67. The van der Waals surface area contributed by atoms with Crippen molar-refractivity contribution in [2.24, 2.45) is 0 Å². The number of nitrogens with two attached hydrogens (primary N) is 1. The summed E-state index contributed by atoms with van der Waals surface area (Å²) in [6.45, 7) is 3.86. The Morgan fingerprint density at radius 1 is 0.958 bits per heavy atom. The number of hydrogen-bond donors (Lipinski definition) is 4. The van der Waals surface area contributed by atoms with E-state index in [0.717, 1.165) is 16.3 Å². The molecular weight excluding hydrogens is 302 g/mol. The summed E-state index contributed by atoms with van der Waals surface area (Å²) in [4.78, 5) is 12.3. The molecule has 0 bridgehead atoms. The molecule has 0 aliphatic carbocycles. The molecule has 3 rings (SSSR count). The second kappa shape index (κ2) is 6.34. The molecule has 5 heteroatoms. The molecule has 0 atom stereocenters. The average molecular weight is 319 g/mol. The van der Waals surface area contributed by atoms with E-state index in [9.17, 15) is 9.90 Å². The van der Waals surface area contributed by atoms with Crippen molar-refractivity contribution >= 4 is 28.1 Å². The fourth-order valence-corrected chi connectivity index (χ4v) is 2.41. The Kier molecular flexibility index (Phi) is 4.07. The number of benzene rings is 3. The van der Waals surface area contributed by atoms with Gasteiger partial charge in [-0.2, -0.15) is 0 Å². The minimum atomic E-state index is -0.455. The lowest BCUT2D eigenvalue weighted by atomic mass is 10.1. The second-order valence-electron chi connectivity index (χ2n) is 5.40. The summed E-state index contributed by atoms with van der Waals surface area (Å²) in [5.74, 6) is -0.536. The highest BCUT2D eigenvalue weighted by atomic mass is 16.3. The van der Waals surface area contributed by atoms with Crippen molar-refractivity contribution in [2.75, 3.05) is 5.73 Å². The second-order valence-corrected chi connectivity index (χ2v) is 5.40. The highest BCUT2D eigenvalue weighted by Crippen LogP contribution is 2.24. The van der Waals surface area contributed by atoms with Crippen molar-refractivity contribution < 1.29 is 9.90 Å². The monoisotopic (exact) mass is 319 g/mol. The van der Waals surface area contributed by atoms with Crippen molar-refractivity contribution in [1.82, 2.24) is 10.9 Å². The number of nitrogens with one attached hydrogen (secondary N) is 2. The van der Waals surface area contributed by atoms with Crippen molar-refractivity contribution in [3.05, 3.63) is 78.4 Å². The summed E-state index contributed by atoms with van der Waals surface area (Å²) in [5, 5.41) is 11.8. The number of rotatable bonds is 4. The third kappa shape index (κ3) is 3.15. The zero-order chi connectivity index (χ0) is 17.1. The number of anilines is 1. The molecule has 0 aliphatic rings. The van der Waals surface area contributed by atoms with Crippen molar-refractivity contribution in [3.63, 3.8) is 0 Å². The molecule has 0 fully saturated rings. The van der Waals surface area contributed by atoms with Gasteiger partial charge < -0.3 is 10.8 Å². The van der Waals surface area contributed by atoms with E-state index in [1.165, 1.54) is 0 Å². The van der Waals surface area contributed by atoms with Crippen LogP contribution in [0.2, 0.25) is 0 Å². The van der Waals surface area contributed by atoms with Gasteiger partial charge in [-0.25, -0.2) is 0 Å². The van der Waals surface area contributed by atoms with Gasteiger partial charge in [0.2, 0.25) is 0 Å². The van der Waals surface area contributed by atoms with Crippen LogP contribution in [-0.4, -0.2) is 11.0 Å². The minimum absolute atomic E-state index is 0.0810. The average Bonchev–Trinajstić information content (AvgIpc) is 2.58. The molecule has 0 radical (unpaired) electrons. The summed E-state index contributed by atoms with van der Waals surface area (Å²) in [5.41, 5.74) is 13.0. The maximum absolute atomic E-state index is 12.3. The van der Waals surface area contributed by atoms with Gasteiger partial charge in [0, 0.05) is 11.3 Å². The largest absolute Gasteiger partial charge is 0.507 e. The Morgan fingerprint density at radius 2 is 1.67 bits per heavy atom. The number of phenols is 1. The standard InChI is InChI=1S/C19H17N3O2/c1-12(13-7-4-8-16(20)9-13)21-22-19(24)17-10-14-5-2-3-6-15(14)11-18(17)23/h2-11,21,23H,1,20H2,(H,22,24). The molecule has 120 valence electrons. The summed E-state index contributed by atoms with van der Waals surface area (Å²) >= 11 is 0. The Bertz CT molecular complexity index is 935. The number of carbonyl (C=O) groups is 1. The van der Waals surface area contributed by atoms with E-state index in [4.69, 9.17) is 5.73 Å². The van der Waals surface area contributed by atoms with Gasteiger partial charge in [0.25, 0.3) is 5.91 Å². The molecule has 5 N–H and O–H groups in total. The number of amides is 1. The molecule has 3 aromatic rings. The van der Waals surface area contributed by atoms with E-state index in [1.807, 2.05) is 30.3 Å². The third-order valence-corrected chi connectivity index (χ3v) is 3.67. The molecule has 24 heavy (non-hydrogen) atoms. The van der Waals surface area contributed by atoms with Gasteiger partial charge in [-0.1, -0.05) is 43.0 Å². The number of hydrazine groups is 1. The van der Waals surface area contributed by atoms with E-state index in [0.29, 0.717) is 11.4 Å². The first-order chi connectivity index (χ1) is 11.5. The fraction of sp³-hybridized carbons (Fsp3) is 0. The number of phenolic OH excluding ortho intramolecular Hbond substituents is 1. The Balaban J connectivity index is 1.75. The van der Waals surface area contributed by atoms with Gasteiger partial charge in [-0.15, -0.1) is 0 Å². The number of nitrogen functional groups attached to an aromatic ring is 1. The number of hydrogen-bond acceptors (Lipinski definition) is 4. The van der Waals surface area contributed by atoms with Gasteiger partial charge in [-0.05, 0) is 35.0 Å². The van der Waals surface area contributed by atoms with Gasteiger partial charge >= 0.3 is 0 Å². The normalized spacial score (nSPS) is 10.3. The van der Waals surface area contributed by atoms with E-state index in [1.54, 1.807) is 30.3 Å². The first-order valence-corrected chi connectivity index (χ1v) is 7.37. The number of fused-ring (bicyclic) bond motifs is 1. The first-order valence-electron chi connectivity index (χ1n) is 7.37. The van der Waals surface area contributed by atoms with Gasteiger partial charge in [0.1, 0.15) is 5.75 Å². The summed E-state index contributed by atoms with van der Waals surface area (Å²) < 4.78 is 0. The summed E-state index contributed by atoms with van der Waals surface area (Å²) in [7, 11) is 0. The van der Waals surface area contributed by atoms with Crippen LogP contribution < -0.4 is 16.6 Å². The minimum Gasteiger partial charge on any atom is -0.507 e. The summed E-state index contributed by atoms with van der Waals surface area (Å²) in [6, 6.07) is 17.8. The van der Waals surface area contributed by atoms with Crippen LogP contribution in [0.1, 0.15) is 15.9 Å². The highest BCUT2D eigenvalue weighted by Gasteiger charge is 2.12. The smallest absolute Gasteiger partial charge is 0.273 e. The van der Waals surface area contributed by atoms with Crippen molar-refractivity contribution in [3.8, 4) is 5.75 Å². The molecule has 0 unspecified atom stereocenters. The molecule has 0 heterocycles. The van der Waals surface area contributed by atoms with Crippen LogP contribution in [0, 0.1) is 0 Å². The molecule has 0 saturated carbocycles. The molecule has 1 amide bonds. The lowest BCUT2D eigenvalue weighted by molar-refractivity contribution is 0.0940.